The summed E-state index contributed by atoms with van der Waals surface area (Å²) in [5.74, 6) is -0.552. The van der Waals surface area contributed by atoms with E-state index >= 15 is 0 Å². The topological polar surface area (TPSA) is 44.8 Å². The van der Waals surface area contributed by atoms with Gasteiger partial charge < -0.3 is 14.2 Å². The highest BCUT2D eigenvalue weighted by Gasteiger charge is 2.40. The molecule has 0 aliphatic carbocycles. The molecule has 0 saturated carbocycles. The Morgan fingerprint density at radius 3 is 1.67 bits per heavy atom. The number of unbranched alkanes of at least 4 members (excludes halogenated alkanes) is 19. The van der Waals surface area contributed by atoms with Gasteiger partial charge in [-0.05, 0) is 71.8 Å². The second-order valence-corrected chi connectivity index (χ2v) is 13.6. The molecular weight excluding hydrogens is 520 g/mol. The van der Waals surface area contributed by atoms with Gasteiger partial charge in [0.15, 0.2) is 5.79 Å². The average Bonchev–Trinajstić information content (AvgIpc) is 3.44. The van der Waals surface area contributed by atoms with E-state index < -0.39 is 5.79 Å². The van der Waals surface area contributed by atoms with Crippen LogP contribution in [0, 0.1) is 0 Å². The first-order valence-electron chi connectivity index (χ1n) is 18.3. The molecule has 3 atom stereocenters. The van der Waals surface area contributed by atoms with Gasteiger partial charge in [0, 0.05) is 5.57 Å². The summed E-state index contributed by atoms with van der Waals surface area (Å²) >= 11 is 0. The zero-order valence-corrected chi connectivity index (χ0v) is 28.3. The minimum absolute atomic E-state index is 0.0364. The van der Waals surface area contributed by atoms with E-state index in [0.717, 1.165) is 37.7 Å². The molecule has 0 aromatic heterocycles. The highest BCUT2D eigenvalue weighted by atomic mass is 16.7. The maximum Gasteiger partial charge on any atom is 0.334 e. The van der Waals surface area contributed by atoms with Gasteiger partial charge in [-0.25, -0.2) is 4.79 Å². The summed E-state index contributed by atoms with van der Waals surface area (Å²) < 4.78 is 17.7. The Hall–Kier alpha value is -1.13. The summed E-state index contributed by atoms with van der Waals surface area (Å²) in [4.78, 5) is 11.7. The smallest absolute Gasteiger partial charge is 0.334 e. The Morgan fingerprint density at radius 2 is 1.12 bits per heavy atom. The van der Waals surface area contributed by atoms with E-state index in [1.807, 2.05) is 13.0 Å². The molecule has 2 heterocycles. The first-order valence-corrected chi connectivity index (χ1v) is 18.3. The van der Waals surface area contributed by atoms with Crippen LogP contribution in [0.3, 0.4) is 0 Å². The molecule has 244 valence electrons. The normalized spacial score (nSPS) is 21.9. The van der Waals surface area contributed by atoms with Gasteiger partial charge in [0.05, 0.1) is 12.2 Å². The second-order valence-electron chi connectivity index (χ2n) is 13.6. The molecule has 0 radical (unpaired) electrons. The SMILES string of the molecule is CCCCCCCCCCCCCC/C=C\CC[C@H]1OC(C)(C)O[C@@H]1CCCCCCCCCCC1=C[C@H](C)OC1=O. The zero-order chi connectivity index (χ0) is 30.3. The van der Waals surface area contributed by atoms with Crippen molar-refractivity contribution in [3.05, 3.63) is 23.8 Å². The molecule has 42 heavy (non-hydrogen) atoms. The molecule has 0 N–H and O–H groups in total. The number of cyclic esters (lactones) is 1. The Balaban J connectivity index is 1.40. The minimum atomic E-state index is -0.447. The first kappa shape index (κ1) is 37.1. The molecule has 2 aliphatic heterocycles. The van der Waals surface area contributed by atoms with Crippen molar-refractivity contribution in [2.45, 2.75) is 212 Å². The quantitative estimate of drug-likeness (QED) is 0.0544. The lowest BCUT2D eigenvalue weighted by Gasteiger charge is -2.16. The first-order chi connectivity index (χ1) is 20.4. The lowest BCUT2D eigenvalue weighted by atomic mass is 10.0. The fraction of sp³-hybridized carbons (Fsp3) is 0.868. The van der Waals surface area contributed by atoms with E-state index in [1.54, 1.807) is 0 Å². The van der Waals surface area contributed by atoms with Crippen LogP contribution in [0.2, 0.25) is 0 Å². The molecule has 4 nitrogen and oxygen atoms in total. The van der Waals surface area contributed by atoms with E-state index in [9.17, 15) is 4.79 Å². The molecular formula is C38H68O4. The van der Waals surface area contributed by atoms with Crippen molar-refractivity contribution in [2.75, 3.05) is 0 Å². The third kappa shape index (κ3) is 17.9. The Morgan fingerprint density at radius 1 is 0.643 bits per heavy atom. The number of esters is 1. The Bertz CT molecular complexity index is 739. The molecule has 1 saturated heterocycles. The van der Waals surface area contributed by atoms with Crippen LogP contribution < -0.4 is 0 Å². The number of rotatable bonds is 27. The number of hydrogen-bond acceptors (Lipinski definition) is 4. The molecule has 0 amide bonds. The van der Waals surface area contributed by atoms with Crippen LogP contribution in [0.5, 0.6) is 0 Å². The fourth-order valence-electron chi connectivity index (χ4n) is 6.53. The molecule has 1 fully saturated rings. The molecule has 2 rings (SSSR count). The summed E-state index contributed by atoms with van der Waals surface area (Å²) in [7, 11) is 0. The molecule has 0 aromatic rings. The van der Waals surface area contributed by atoms with Gasteiger partial charge in [0.1, 0.15) is 6.10 Å². The van der Waals surface area contributed by atoms with Crippen LogP contribution in [0.25, 0.3) is 0 Å². The summed E-state index contributed by atoms with van der Waals surface area (Å²) in [5, 5.41) is 0. The Kier molecular flexibility index (Phi) is 20.5. The van der Waals surface area contributed by atoms with Gasteiger partial charge in [-0.1, -0.05) is 135 Å². The van der Waals surface area contributed by atoms with Crippen LogP contribution in [0.15, 0.2) is 23.8 Å². The van der Waals surface area contributed by atoms with Gasteiger partial charge in [0.25, 0.3) is 0 Å². The molecule has 0 unspecified atom stereocenters. The van der Waals surface area contributed by atoms with Gasteiger partial charge in [-0.3, -0.25) is 0 Å². The number of allylic oxidation sites excluding steroid dienone is 2. The van der Waals surface area contributed by atoms with Crippen LogP contribution >= 0.6 is 0 Å². The maximum atomic E-state index is 11.7. The molecule has 2 aliphatic rings. The Labute approximate surface area is 260 Å². The number of carbonyl (C=O) groups is 1. The minimum Gasteiger partial charge on any atom is -0.455 e. The highest BCUT2D eigenvalue weighted by Crippen LogP contribution is 2.33. The molecule has 0 bridgehead atoms. The predicted molar refractivity (Wildman–Crippen MR) is 178 cm³/mol. The van der Waals surface area contributed by atoms with Gasteiger partial charge in [0.2, 0.25) is 0 Å². The van der Waals surface area contributed by atoms with Gasteiger partial charge >= 0.3 is 5.97 Å². The van der Waals surface area contributed by atoms with Gasteiger partial charge in [-0.2, -0.15) is 0 Å². The van der Waals surface area contributed by atoms with E-state index in [0.29, 0.717) is 0 Å². The fourth-order valence-corrected chi connectivity index (χ4v) is 6.53. The lowest BCUT2D eigenvalue weighted by molar-refractivity contribution is -0.147. The van der Waals surface area contributed by atoms with Crippen molar-refractivity contribution < 1.29 is 19.0 Å². The van der Waals surface area contributed by atoms with E-state index in [4.69, 9.17) is 14.2 Å². The highest BCUT2D eigenvalue weighted by molar-refractivity contribution is 5.90. The standard InChI is InChI=1S/C38H68O4/c1-5-6-7-8-9-10-11-12-13-14-15-16-17-21-24-27-30-35-36(42-38(3,4)41-35)31-28-25-22-19-18-20-23-26-29-34-32-33(2)40-37(34)39/h21,24,32-33,35-36H,5-20,22-23,25-31H2,1-4H3/b24-21-/t33-,35+,36+/m0/s1. The van der Waals surface area contributed by atoms with Crippen molar-refractivity contribution in [3.63, 3.8) is 0 Å². The number of carbonyl (C=O) groups excluding carboxylic acids is 1. The molecule has 0 aromatic carbocycles. The van der Waals surface area contributed by atoms with Gasteiger partial charge in [-0.15, -0.1) is 0 Å². The largest absolute Gasteiger partial charge is 0.455 e. The number of hydrogen-bond donors (Lipinski definition) is 0. The van der Waals surface area contributed by atoms with E-state index in [2.05, 4.69) is 32.9 Å². The number of ether oxygens (including phenoxy) is 3. The van der Waals surface area contributed by atoms with Crippen molar-refractivity contribution >= 4 is 5.97 Å². The van der Waals surface area contributed by atoms with E-state index in [1.165, 1.54) is 128 Å². The lowest BCUT2D eigenvalue weighted by Crippen LogP contribution is -2.22. The summed E-state index contributed by atoms with van der Waals surface area (Å²) in [6.07, 6.45) is 39.5. The monoisotopic (exact) mass is 589 g/mol. The van der Waals surface area contributed by atoms with Crippen LogP contribution in [-0.2, 0) is 19.0 Å². The zero-order valence-electron chi connectivity index (χ0n) is 28.3. The van der Waals surface area contributed by atoms with Crippen LogP contribution in [0.4, 0.5) is 0 Å². The van der Waals surface area contributed by atoms with Crippen molar-refractivity contribution in [2.24, 2.45) is 0 Å². The average molecular weight is 589 g/mol. The summed E-state index contributed by atoms with van der Waals surface area (Å²) in [6.45, 7) is 8.35. The predicted octanol–water partition coefficient (Wildman–Crippen LogP) is 11.7. The molecule has 0 spiro atoms. The molecule has 4 heteroatoms. The summed E-state index contributed by atoms with van der Waals surface area (Å²) in [5.41, 5.74) is 0.882. The van der Waals surface area contributed by atoms with Crippen LogP contribution in [0.1, 0.15) is 188 Å². The third-order valence-corrected chi connectivity index (χ3v) is 8.97. The van der Waals surface area contributed by atoms with Crippen LogP contribution in [-0.4, -0.2) is 30.1 Å². The maximum absolute atomic E-state index is 11.7. The van der Waals surface area contributed by atoms with Crippen molar-refractivity contribution in [1.82, 2.24) is 0 Å². The van der Waals surface area contributed by atoms with Crippen molar-refractivity contribution in [3.8, 4) is 0 Å². The van der Waals surface area contributed by atoms with Crippen molar-refractivity contribution in [1.29, 1.82) is 0 Å². The summed E-state index contributed by atoms with van der Waals surface area (Å²) in [6, 6.07) is 0. The second kappa shape index (κ2) is 23.3. The van der Waals surface area contributed by atoms with E-state index in [-0.39, 0.29) is 24.3 Å². The third-order valence-electron chi connectivity index (χ3n) is 8.97.